The van der Waals surface area contributed by atoms with E-state index in [1.807, 2.05) is 57.2 Å². The van der Waals surface area contributed by atoms with E-state index in [4.69, 9.17) is 23.7 Å². The number of aliphatic hydroxyl groups is 3. The molecule has 0 spiro atoms. The van der Waals surface area contributed by atoms with Gasteiger partial charge in [-0.05, 0) is 113 Å². The molecule has 2 aliphatic heterocycles. The van der Waals surface area contributed by atoms with E-state index in [-0.39, 0.29) is 36.1 Å². The first-order valence-electron chi connectivity index (χ1n) is 24.0. The Morgan fingerprint density at radius 3 is 2.21 bits per heavy atom. The molecule has 3 rings (SSSR count). The Kier molecular flexibility index (Phi) is 23.5. The number of carbonyl (C=O) groups excluding carboxylic acids is 5. The van der Waals surface area contributed by atoms with Crippen molar-refractivity contribution < 1.29 is 63.0 Å². The average molecular weight is 928 g/mol. The molecule has 0 bridgehead atoms. The van der Waals surface area contributed by atoms with Crippen molar-refractivity contribution in [3.8, 4) is 0 Å². The van der Waals surface area contributed by atoms with Gasteiger partial charge in [0.15, 0.2) is 11.6 Å². The number of Topliss-reactive ketones (excluding diaryl/α,β-unsaturated/α-hetero) is 2. The van der Waals surface area contributed by atoms with Crippen molar-refractivity contribution in [2.75, 3.05) is 35.0 Å². The fourth-order valence-electron chi connectivity index (χ4n) is 9.61. The summed E-state index contributed by atoms with van der Waals surface area (Å²) in [6.07, 6.45) is 17.8. The number of ether oxygens (including phenoxy) is 5. The second-order valence-electron chi connectivity index (χ2n) is 19.2. The normalized spacial score (nSPS) is 29.0. The SMILES string of the molecule is COC(=O)[C@@H]1CCCCN1C(=O)C(=O)[C@]1(O)O[C@H](C[C@H](OC)/C(C)=C/C=C/C=C/[C@@H](C)C[C@@H](C)C(=O)[C@H](OC)[C@H](O)/C(C)=C/[C@@H](C)C(=O)/C=C/[C@H](C)CC2CC[C@@H](O)[C@H](OC)C2)CC[C@H]1C. The van der Waals surface area contributed by atoms with Gasteiger partial charge >= 0.3 is 5.97 Å². The predicted octanol–water partition coefficient (Wildman–Crippen LogP) is 6.59. The molecular weight excluding hydrogens is 847 g/mol. The fourth-order valence-corrected chi connectivity index (χ4v) is 9.61. The first kappa shape index (κ1) is 56.7. The van der Waals surface area contributed by atoms with Crippen LogP contribution < -0.4 is 0 Å². The molecule has 66 heavy (non-hydrogen) atoms. The van der Waals surface area contributed by atoms with E-state index in [1.54, 1.807) is 47.1 Å². The van der Waals surface area contributed by atoms with Crippen LogP contribution in [-0.2, 0) is 47.7 Å². The quantitative estimate of drug-likeness (QED) is 0.0309. The van der Waals surface area contributed by atoms with Gasteiger partial charge in [0.2, 0.25) is 5.79 Å². The number of hydrogen-bond acceptors (Lipinski definition) is 13. The number of carbonyl (C=O) groups is 5. The van der Waals surface area contributed by atoms with Gasteiger partial charge in [0.05, 0.1) is 31.5 Å². The molecule has 14 atom stereocenters. The molecule has 0 radical (unpaired) electrons. The number of nitrogens with zero attached hydrogens (tertiary/aromatic N) is 1. The molecule has 1 saturated carbocycles. The molecule has 0 aromatic heterocycles. The second kappa shape index (κ2) is 27.4. The number of methoxy groups -OCH3 is 4. The number of allylic oxidation sites excluding steroid dienone is 8. The Balaban J connectivity index is 1.51. The first-order valence-corrected chi connectivity index (χ1v) is 24.0. The van der Waals surface area contributed by atoms with Crippen molar-refractivity contribution in [2.24, 2.45) is 35.5 Å². The van der Waals surface area contributed by atoms with Crippen LogP contribution in [-0.4, -0.2) is 133 Å². The van der Waals surface area contributed by atoms with Gasteiger partial charge < -0.3 is 43.9 Å². The van der Waals surface area contributed by atoms with Crippen LogP contribution in [0.25, 0.3) is 0 Å². The molecule has 1 amide bonds. The minimum Gasteiger partial charge on any atom is -0.467 e. The van der Waals surface area contributed by atoms with E-state index in [0.717, 1.165) is 24.8 Å². The van der Waals surface area contributed by atoms with Crippen molar-refractivity contribution in [1.29, 1.82) is 0 Å². The molecule has 372 valence electrons. The minimum atomic E-state index is -2.34. The second-order valence-corrected chi connectivity index (χ2v) is 19.2. The maximum Gasteiger partial charge on any atom is 0.328 e. The number of esters is 1. The Hall–Kier alpha value is -3.63. The largest absolute Gasteiger partial charge is 0.467 e. The van der Waals surface area contributed by atoms with Gasteiger partial charge in [-0.2, -0.15) is 0 Å². The zero-order valence-corrected chi connectivity index (χ0v) is 41.5. The van der Waals surface area contributed by atoms with Crippen LogP contribution in [0.3, 0.4) is 0 Å². The summed E-state index contributed by atoms with van der Waals surface area (Å²) in [6.45, 7) is 13.2. The highest BCUT2D eigenvalue weighted by Crippen LogP contribution is 2.37. The van der Waals surface area contributed by atoms with Crippen molar-refractivity contribution in [3.63, 3.8) is 0 Å². The molecule has 0 aromatic rings. The number of amides is 1. The molecule has 1 unspecified atom stereocenters. The summed E-state index contributed by atoms with van der Waals surface area (Å²) in [6, 6.07) is -0.881. The highest BCUT2D eigenvalue weighted by molar-refractivity contribution is 6.39. The molecule has 2 saturated heterocycles. The Bertz CT molecular complexity index is 1770. The molecule has 3 fully saturated rings. The predicted molar refractivity (Wildman–Crippen MR) is 252 cm³/mol. The lowest BCUT2D eigenvalue weighted by Gasteiger charge is -2.42. The maximum atomic E-state index is 13.6. The van der Waals surface area contributed by atoms with Gasteiger partial charge in [0.1, 0.15) is 18.2 Å². The van der Waals surface area contributed by atoms with Crippen LogP contribution in [0.2, 0.25) is 0 Å². The van der Waals surface area contributed by atoms with Crippen LogP contribution in [0.4, 0.5) is 0 Å². The van der Waals surface area contributed by atoms with Gasteiger partial charge in [-0.15, -0.1) is 0 Å². The smallest absolute Gasteiger partial charge is 0.328 e. The summed E-state index contributed by atoms with van der Waals surface area (Å²) < 4.78 is 27.6. The lowest BCUT2D eigenvalue weighted by atomic mass is 9.80. The molecule has 3 N–H and O–H groups in total. The Morgan fingerprint density at radius 1 is 0.848 bits per heavy atom. The molecular formula is C52H81NO13. The van der Waals surface area contributed by atoms with Gasteiger partial charge in [0.25, 0.3) is 11.7 Å². The van der Waals surface area contributed by atoms with Crippen LogP contribution in [0.5, 0.6) is 0 Å². The van der Waals surface area contributed by atoms with E-state index in [0.29, 0.717) is 62.9 Å². The van der Waals surface area contributed by atoms with Crippen molar-refractivity contribution in [3.05, 3.63) is 59.8 Å². The molecule has 2 heterocycles. The molecule has 0 aromatic carbocycles. The fraction of sp³-hybridized carbons (Fsp3) is 0.712. The van der Waals surface area contributed by atoms with E-state index in [1.165, 1.54) is 19.1 Å². The average Bonchev–Trinajstić information content (AvgIpc) is 3.30. The third kappa shape index (κ3) is 16.0. The third-order valence-corrected chi connectivity index (χ3v) is 13.9. The number of likely N-dealkylation sites (tertiary alicyclic amines) is 1. The van der Waals surface area contributed by atoms with Crippen LogP contribution >= 0.6 is 0 Å². The van der Waals surface area contributed by atoms with Crippen molar-refractivity contribution >= 4 is 29.2 Å². The van der Waals surface area contributed by atoms with Gasteiger partial charge in [-0.3, -0.25) is 19.2 Å². The standard InChI is InChI=1S/C52H81NO13/c1-32(27-36(5)46(56)48(64-10)47(57)37(6)29-35(4)42(54)24-20-33(2)28-39-22-25-43(55)45(30-39)63-9)17-13-12-14-18-34(3)44(62-8)31-40-23-21-38(7)52(61,66-40)49(58)50(59)53-26-16-15-19-41(53)51(60)65-11/h12-14,17-18,20,24,29,32-33,35-36,38-41,43-45,47-48,55,57,61H,15-16,19,21-23,25-28,30-31H2,1-11H3/b14-12+,17-13+,24-20+,34-18+,37-29+/t32-,33+,35-,36-,38-,39?,40+,41+,43-,44+,45-,47-,48+,52-/m1/s1. The number of aliphatic hydroxyl groups excluding tert-OH is 2. The lowest BCUT2D eigenvalue weighted by molar-refractivity contribution is -0.265. The summed E-state index contributed by atoms with van der Waals surface area (Å²) in [5, 5.41) is 32.9. The van der Waals surface area contributed by atoms with Crippen LogP contribution in [0, 0.1) is 35.5 Å². The number of hydrogen-bond donors (Lipinski definition) is 3. The maximum absolute atomic E-state index is 13.6. The molecule has 14 heteroatoms. The number of ketones is 3. The zero-order chi connectivity index (χ0) is 49.3. The van der Waals surface area contributed by atoms with Crippen molar-refractivity contribution in [2.45, 2.75) is 168 Å². The summed E-state index contributed by atoms with van der Waals surface area (Å²) >= 11 is 0. The summed E-state index contributed by atoms with van der Waals surface area (Å²) in [4.78, 5) is 67.1. The third-order valence-electron chi connectivity index (χ3n) is 13.9. The van der Waals surface area contributed by atoms with Crippen molar-refractivity contribution in [1.82, 2.24) is 4.90 Å². The molecule has 14 nitrogen and oxygen atoms in total. The zero-order valence-electron chi connectivity index (χ0n) is 41.5. The number of rotatable bonds is 24. The lowest BCUT2D eigenvalue weighted by Crippen LogP contribution is -2.60. The number of piperidine rings is 1. The summed E-state index contributed by atoms with van der Waals surface area (Å²) in [5.74, 6) is -6.23. The molecule has 1 aliphatic carbocycles. The van der Waals surface area contributed by atoms with E-state index < -0.39 is 77.8 Å². The van der Waals surface area contributed by atoms with Crippen LogP contribution in [0.1, 0.15) is 119 Å². The van der Waals surface area contributed by atoms with Crippen LogP contribution in [0.15, 0.2) is 59.8 Å². The van der Waals surface area contributed by atoms with Gasteiger partial charge in [-0.1, -0.05) is 77.2 Å². The van der Waals surface area contributed by atoms with Gasteiger partial charge in [0, 0.05) is 52.0 Å². The van der Waals surface area contributed by atoms with Gasteiger partial charge in [-0.25, -0.2) is 4.79 Å². The summed E-state index contributed by atoms with van der Waals surface area (Å²) in [7, 11) is 5.84. The minimum absolute atomic E-state index is 0.0232. The molecule has 3 aliphatic rings. The Morgan fingerprint density at radius 2 is 1.56 bits per heavy atom. The summed E-state index contributed by atoms with van der Waals surface area (Å²) in [5.41, 5.74) is 1.37. The van der Waals surface area contributed by atoms with E-state index in [2.05, 4.69) is 6.92 Å². The monoisotopic (exact) mass is 928 g/mol. The van der Waals surface area contributed by atoms with E-state index in [9.17, 15) is 39.3 Å². The highest BCUT2D eigenvalue weighted by Gasteiger charge is 2.53. The highest BCUT2D eigenvalue weighted by atomic mass is 16.6. The van der Waals surface area contributed by atoms with E-state index >= 15 is 0 Å². The Labute approximate surface area is 393 Å². The topological polar surface area (TPSA) is 195 Å². The first-order chi connectivity index (χ1) is 31.2.